The monoisotopic (exact) mass is 431 g/mol. The van der Waals surface area contributed by atoms with Crippen LogP contribution in [0.15, 0.2) is 40.2 Å². The van der Waals surface area contributed by atoms with Crippen molar-refractivity contribution in [2.24, 2.45) is 0 Å². The second kappa shape index (κ2) is 6.45. The summed E-state index contributed by atoms with van der Waals surface area (Å²) >= 11 is 4.83. The maximum absolute atomic E-state index is 12.8. The minimum Gasteiger partial charge on any atom is -0.347 e. The quantitative estimate of drug-likeness (QED) is 0.742. The van der Waals surface area contributed by atoms with E-state index in [1.54, 1.807) is 0 Å². The molecule has 0 aliphatic carbocycles. The van der Waals surface area contributed by atoms with Gasteiger partial charge in [-0.15, -0.1) is 11.3 Å². The molecule has 0 spiro atoms. The Hall–Kier alpha value is -1.87. The summed E-state index contributed by atoms with van der Waals surface area (Å²) in [7, 11) is 1.47. The number of carbonyl (C=O) groups excluding carboxylic acids is 1. The fraction of sp³-hybridized carbons (Fsp3) is 0.250. The summed E-state index contributed by atoms with van der Waals surface area (Å²) in [6, 6.07) is 5.90. The summed E-state index contributed by atoms with van der Waals surface area (Å²) in [5, 5.41) is 12.8. The van der Waals surface area contributed by atoms with Gasteiger partial charge in [0.15, 0.2) is 5.96 Å². The number of nitrogens with one attached hydrogen (secondary N) is 2. The zero-order valence-corrected chi connectivity index (χ0v) is 15.3. The topological polar surface area (TPSA) is 56.2 Å². The number of thiophene rings is 1. The van der Waals surface area contributed by atoms with Crippen LogP contribution in [0.2, 0.25) is 0 Å². The Morgan fingerprint density at radius 1 is 1.24 bits per heavy atom. The van der Waals surface area contributed by atoms with Crippen molar-refractivity contribution in [3.05, 3.63) is 56.2 Å². The van der Waals surface area contributed by atoms with Crippen LogP contribution in [0.1, 0.15) is 28.0 Å². The summed E-state index contributed by atoms with van der Waals surface area (Å²) in [6.07, 6.45) is -4.43. The summed E-state index contributed by atoms with van der Waals surface area (Å²) in [5.41, 5.74) is -0.294. The van der Waals surface area contributed by atoms with Gasteiger partial charge in [0.25, 0.3) is 0 Å². The summed E-state index contributed by atoms with van der Waals surface area (Å²) in [4.78, 5) is 14.7. The molecule has 2 N–H and O–H groups in total. The third-order valence-electron chi connectivity index (χ3n) is 4.08. The molecule has 1 amide bonds. The predicted molar refractivity (Wildman–Crippen MR) is 92.6 cm³/mol. The van der Waals surface area contributed by atoms with Crippen LogP contribution in [0.4, 0.5) is 13.2 Å². The number of amides is 1. The molecule has 1 aromatic heterocycles. The minimum atomic E-state index is -4.43. The number of likely N-dealkylation sites (N-methyl/N-ethyl adjacent to an activating group) is 1. The lowest BCUT2D eigenvalue weighted by Crippen LogP contribution is -2.53. The fourth-order valence-electron chi connectivity index (χ4n) is 2.75. The second-order valence-corrected chi connectivity index (χ2v) is 7.40. The van der Waals surface area contributed by atoms with Crippen molar-refractivity contribution in [1.82, 2.24) is 10.2 Å². The van der Waals surface area contributed by atoms with Crippen molar-refractivity contribution >= 4 is 39.1 Å². The molecular weight excluding hydrogens is 419 g/mol. The highest BCUT2D eigenvalue weighted by Crippen LogP contribution is 2.41. The molecule has 1 fully saturated rings. The van der Waals surface area contributed by atoms with E-state index in [9.17, 15) is 18.0 Å². The minimum absolute atomic E-state index is 0.0431. The molecule has 0 radical (unpaired) electrons. The van der Waals surface area contributed by atoms with Crippen LogP contribution >= 0.6 is 27.3 Å². The van der Waals surface area contributed by atoms with E-state index in [1.807, 2.05) is 11.4 Å². The van der Waals surface area contributed by atoms with Gasteiger partial charge in [0.2, 0.25) is 5.91 Å². The van der Waals surface area contributed by atoms with Gasteiger partial charge in [-0.2, -0.15) is 13.2 Å². The fourth-order valence-corrected chi connectivity index (χ4v) is 4.45. The second-order valence-electron chi connectivity index (χ2n) is 5.60. The first kappa shape index (κ1) is 17.9. The zero-order valence-electron chi connectivity index (χ0n) is 12.9. The molecule has 1 aliphatic rings. The average molecular weight is 432 g/mol. The van der Waals surface area contributed by atoms with Crippen LogP contribution in [-0.2, 0) is 11.0 Å². The number of hydrogen-bond acceptors (Lipinski definition) is 3. The van der Waals surface area contributed by atoms with E-state index in [1.165, 1.54) is 35.4 Å². The van der Waals surface area contributed by atoms with Crippen LogP contribution in [-0.4, -0.2) is 23.8 Å². The molecular formula is C16H13BrF3N3OS. The number of rotatable bonds is 2. The molecule has 1 aliphatic heterocycles. The van der Waals surface area contributed by atoms with Crippen LogP contribution in [0, 0.1) is 5.41 Å². The molecule has 9 heteroatoms. The normalized spacial score (nSPS) is 21.4. The summed E-state index contributed by atoms with van der Waals surface area (Å²) < 4.78 is 39.1. The number of halogens is 4. The number of carbonyl (C=O) groups is 1. The number of hydrogen-bond donors (Lipinski definition) is 2. The molecule has 0 bridgehead atoms. The number of benzene rings is 1. The SMILES string of the molecule is CN1C(=N)N[C@@H](c2sccc2Br)[C@@H](c2ccc(C(F)(F)F)cc2)C1=O. The molecule has 3 rings (SSSR count). The van der Waals surface area contributed by atoms with Gasteiger partial charge in [0.05, 0.1) is 17.5 Å². The highest BCUT2D eigenvalue weighted by Gasteiger charge is 2.41. The van der Waals surface area contributed by atoms with Gasteiger partial charge in [-0.1, -0.05) is 12.1 Å². The van der Waals surface area contributed by atoms with Gasteiger partial charge in [-0.3, -0.25) is 15.1 Å². The predicted octanol–water partition coefficient (Wildman–Crippen LogP) is 4.35. The molecule has 2 heterocycles. The van der Waals surface area contributed by atoms with E-state index >= 15 is 0 Å². The van der Waals surface area contributed by atoms with E-state index < -0.39 is 23.7 Å². The molecule has 0 saturated carbocycles. The Morgan fingerprint density at radius 2 is 1.88 bits per heavy atom. The van der Waals surface area contributed by atoms with E-state index in [0.717, 1.165) is 21.5 Å². The van der Waals surface area contributed by atoms with E-state index in [0.29, 0.717) is 5.56 Å². The largest absolute Gasteiger partial charge is 0.416 e. The number of guanidine groups is 1. The smallest absolute Gasteiger partial charge is 0.347 e. The third-order valence-corrected chi connectivity index (χ3v) is 6.04. The van der Waals surface area contributed by atoms with Gasteiger partial charge in [0, 0.05) is 16.4 Å². The highest BCUT2D eigenvalue weighted by atomic mass is 79.9. The van der Waals surface area contributed by atoms with Gasteiger partial charge in [-0.05, 0) is 45.1 Å². The molecule has 25 heavy (non-hydrogen) atoms. The van der Waals surface area contributed by atoms with Crippen molar-refractivity contribution in [1.29, 1.82) is 5.41 Å². The standard InChI is InChI=1S/C16H13BrF3N3OS/c1-23-14(24)11(8-2-4-9(5-3-8)16(18,19)20)12(22-15(23)21)13-10(17)6-7-25-13/h2-7,11-12H,1H3,(H2,21,22)/t11-,12-/m1/s1. The van der Waals surface area contributed by atoms with Gasteiger partial charge in [0.1, 0.15) is 0 Å². The first-order valence-corrected chi connectivity index (χ1v) is 8.90. The lowest BCUT2D eigenvalue weighted by molar-refractivity contribution is -0.137. The Labute approximate surface area is 154 Å². The van der Waals surface area contributed by atoms with Crippen molar-refractivity contribution in [2.75, 3.05) is 7.05 Å². The molecule has 2 atom stereocenters. The lowest BCUT2D eigenvalue weighted by atomic mass is 9.87. The maximum Gasteiger partial charge on any atom is 0.416 e. The van der Waals surface area contributed by atoms with Gasteiger partial charge >= 0.3 is 6.18 Å². The Morgan fingerprint density at radius 3 is 2.40 bits per heavy atom. The van der Waals surface area contributed by atoms with E-state index in [-0.39, 0.29) is 11.9 Å². The first-order chi connectivity index (χ1) is 11.7. The van der Waals surface area contributed by atoms with Crippen LogP contribution in [0.5, 0.6) is 0 Å². The molecule has 132 valence electrons. The number of alkyl halides is 3. The lowest BCUT2D eigenvalue weighted by Gasteiger charge is -2.37. The molecule has 1 aromatic carbocycles. The van der Waals surface area contributed by atoms with Crippen molar-refractivity contribution in [2.45, 2.75) is 18.1 Å². The molecule has 1 saturated heterocycles. The molecule has 2 aromatic rings. The van der Waals surface area contributed by atoms with Crippen LogP contribution < -0.4 is 5.32 Å². The van der Waals surface area contributed by atoms with Crippen LogP contribution in [0.25, 0.3) is 0 Å². The van der Waals surface area contributed by atoms with Crippen molar-refractivity contribution in [3.63, 3.8) is 0 Å². The Bertz CT molecular complexity index is 819. The Balaban J connectivity index is 2.04. The molecule has 4 nitrogen and oxygen atoms in total. The zero-order chi connectivity index (χ0) is 18.4. The first-order valence-electron chi connectivity index (χ1n) is 7.23. The molecule has 0 unspecified atom stereocenters. The van der Waals surface area contributed by atoms with E-state index in [2.05, 4.69) is 21.2 Å². The van der Waals surface area contributed by atoms with E-state index in [4.69, 9.17) is 5.41 Å². The summed E-state index contributed by atoms with van der Waals surface area (Å²) in [6.45, 7) is 0. The third kappa shape index (κ3) is 3.30. The van der Waals surface area contributed by atoms with Crippen molar-refractivity contribution < 1.29 is 18.0 Å². The van der Waals surface area contributed by atoms with Crippen LogP contribution in [0.3, 0.4) is 0 Å². The van der Waals surface area contributed by atoms with Gasteiger partial charge in [-0.25, -0.2) is 0 Å². The highest BCUT2D eigenvalue weighted by molar-refractivity contribution is 9.10. The number of nitrogens with zero attached hydrogens (tertiary/aromatic N) is 1. The Kier molecular flexibility index (Phi) is 4.63. The summed E-state index contributed by atoms with van der Waals surface area (Å²) in [5.74, 6) is -1.11. The van der Waals surface area contributed by atoms with Gasteiger partial charge < -0.3 is 5.32 Å². The van der Waals surface area contributed by atoms with Crippen molar-refractivity contribution in [3.8, 4) is 0 Å². The maximum atomic E-state index is 12.8. The average Bonchev–Trinajstić information content (AvgIpc) is 2.97.